The molecule has 0 bridgehead atoms. The van der Waals surface area contributed by atoms with Crippen LogP contribution in [0, 0.1) is 5.92 Å². The van der Waals surface area contributed by atoms with Gasteiger partial charge in [-0.1, -0.05) is 13.8 Å². The van der Waals surface area contributed by atoms with Crippen molar-refractivity contribution in [2.24, 2.45) is 5.92 Å². The average Bonchev–Trinajstić information content (AvgIpc) is 2.02. The maximum Gasteiger partial charge on any atom is 0.293 e. The van der Waals surface area contributed by atoms with E-state index in [0.29, 0.717) is 19.0 Å². The third kappa shape index (κ3) is 3.29. The van der Waals surface area contributed by atoms with Gasteiger partial charge < -0.3 is 9.47 Å². The van der Waals surface area contributed by atoms with Gasteiger partial charge in [0.2, 0.25) is 0 Å². The van der Waals surface area contributed by atoms with Crippen LogP contribution < -0.4 is 0 Å². The second-order valence-corrected chi connectivity index (χ2v) is 4.74. The van der Waals surface area contributed by atoms with Crippen molar-refractivity contribution >= 4 is 6.47 Å². The van der Waals surface area contributed by atoms with Gasteiger partial charge in [-0.2, -0.15) is 0 Å². The minimum Gasteiger partial charge on any atom is -0.461 e. The van der Waals surface area contributed by atoms with Crippen molar-refractivity contribution in [3.05, 3.63) is 0 Å². The zero-order chi connectivity index (χ0) is 10.6. The molecule has 1 aliphatic heterocycles. The highest BCUT2D eigenvalue weighted by atomic mass is 16.5. The smallest absolute Gasteiger partial charge is 0.293 e. The second-order valence-electron chi connectivity index (χ2n) is 4.74. The van der Waals surface area contributed by atoms with Crippen LogP contribution in [-0.2, 0) is 14.3 Å². The monoisotopic (exact) mass is 200 g/mol. The Morgan fingerprint density at radius 1 is 1.64 bits per heavy atom. The molecule has 3 heteroatoms. The Morgan fingerprint density at radius 2 is 2.36 bits per heavy atom. The summed E-state index contributed by atoms with van der Waals surface area (Å²) in [7, 11) is 0. The number of hydrogen-bond acceptors (Lipinski definition) is 3. The summed E-state index contributed by atoms with van der Waals surface area (Å²) in [5.74, 6) is 0.624. The van der Waals surface area contributed by atoms with Gasteiger partial charge in [0.15, 0.2) is 0 Å². The van der Waals surface area contributed by atoms with E-state index in [2.05, 4.69) is 13.8 Å². The van der Waals surface area contributed by atoms with Crippen LogP contribution in [0.1, 0.15) is 40.0 Å². The molecular weight excluding hydrogens is 180 g/mol. The molecule has 1 fully saturated rings. The largest absolute Gasteiger partial charge is 0.461 e. The minimum absolute atomic E-state index is 0.244. The fourth-order valence-electron chi connectivity index (χ4n) is 1.98. The Labute approximate surface area is 85.8 Å². The van der Waals surface area contributed by atoms with Gasteiger partial charge in [-0.15, -0.1) is 0 Å². The fraction of sp³-hybridized carbons (Fsp3) is 0.909. The summed E-state index contributed by atoms with van der Waals surface area (Å²) in [4.78, 5) is 10.3. The Bertz CT molecular complexity index is 191. The first-order valence-corrected chi connectivity index (χ1v) is 5.29. The van der Waals surface area contributed by atoms with Crippen molar-refractivity contribution in [3.8, 4) is 0 Å². The molecule has 1 rings (SSSR count). The van der Waals surface area contributed by atoms with E-state index < -0.39 is 0 Å². The summed E-state index contributed by atoms with van der Waals surface area (Å²) in [5, 5.41) is 0. The highest BCUT2D eigenvalue weighted by Gasteiger charge is 2.34. The molecule has 0 radical (unpaired) electrons. The lowest BCUT2D eigenvalue weighted by Crippen LogP contribution is -2.40. The topological polar surface area (TPSA) is 35.5 Å². The molecule has 0 aliphatic carbocycles. The van der Waals surface area contributed by atoms with Gasteiger partial charge in [0.25, 0.3) is 6.47 Å². The van der Waals surface area contributed by atoms with Crippen molar-refractivity contribution in [1.29, 1.82) is 0 Å². The Kier molecular flexibility index (Phi) is 3.93. The van der Waals surface area contributed by atoms with Crippen LogP contribution in [0.4, 0.5) is 0 Å². The van der Waals surface area contributed by atoms with Crippen molar-refractivity contribution in [3.63, 3.8) is 0 Å². The molecule has 1 heterocycles. The lowest BCUT2D eigenvalue weighted by molar-refractivity contribution is -0.158. The standard InChI is InChI=1S/C11H20O3/c1-9(2)6-10-7-11(3,14-8-12)4-5-13-10/h8-10H,4-7H2,1-3H3. The van der Waals surface area contributed by atoms with Crippen molar-refractivity contribution < 1.29 is 14.3 Å². The Balaban J connectivity index is 2.46. The molecule has 0 spiro atoms. The maximum atomic E-state index is 10.3. The average molecular weight is 200 g/mol. The number of carbonyl (C=O) groups excluding carboxylic acids is 1. The zero-order valence-corrected chi connectivity index (χ0v) is 9.29. The molecule has 0 N–H and O–H groups in total. The van der Waals surface area contributed by atoms with Gasteiger partial charge in [-0.3, -0.25) is 4.79 Å². The number of ether oxygens (including phenoxy) is 2. The molecule has 1 saturated heterocycles. The van der Waals surface area contributed by atoms with Gasteiger partial charge in [0.05, 0.1) is 12.7 Å². The molecule has 82 valence electrons. The predicted molar refractivity (Wildman–Crippen MR) is 54.0 cm³/mol. The molecule has 0 aromatic heterocycles. The fourth-order valence-corrected chi connectivity index (χ4v) is 1.98. The van der Waals surface area contributed by atoms with E-state index in [1.54, 1.807) is 0 Å². The van der Waals surface area contributed by atoms with Gasteiger partial charge >= 0.3 is 0 Å². The van der Waals surface area contributed by atoms with E-state index in [-0.39, 0.29) is 11.7 Å². The van der Waals surface area contributed by atoms with E-state index in [1.807, 2.05) is 6.92 Å². The summed E-state index contributed by atoms with van der Waals surface area (Å²) in [6.07, 6.45) is 2.91. The molecule has 0 aromatic carbocycles. The third-order valence-electron chi connectivity index (χ3n) is 2.71. The SMILES string of the molecule is CC(C)CC1CC(C)(OC=O)CCO1. The molecule has 0 saturated carbocycles. The number of carbonyl (C=O) groups is 1. The van der Waals surface area contributed by atoms with Gasteiger partial charge in [0, 0.05) is 12.8 Å². The molecule has 0 aromatic rings. The van der Waals surface area contributed by atoms with Crippen molar-refractivity contribution in [2.75, 3.05) is 6.61 Å². The minimum atomic E-state index is -0.306. The quantitative estimate of drug-likeness (QED) is 0.652. The van der Waals surface area contributed by atoms with Gasteiger partial charge in [0.1, 0.15) is 5.60 Å². The highest BCUT2D eigenvalue weighted by molar-refractivity contribution is 5.38. The first-order chi connectivity index (χ1) is 6.56. The molecular formula is C11H20O3. The molecule has 3 nitrogen and oxygen atoms in total. The van der Waals surface area contributed by atoms with Gasteiger partial charge in [-0.25, -0.2) is 0 Å². The first-order valence-electron chi connectivity index (χ1n) is 5.29. The van der Waals surface area contributed by atoms with E-state index in [1.165, 1.54) is 0 Å². The maximum absolute atomic E-state index is 10.3. The van der Waals surface area contributed by atoms with Gasteiger partial charge in [-0.05, 0) is 19.3 Å². The molecule has 0 amide bonds. The molecule has 2 atom stereocenters. The number of hydrogen-bond donors (Lipinski definition) is 0. The van der Waals surface area contributed by atoms with E-state index >= 15 is 0 Å². The van der Waals surface area contributed by atoms with Crippen LogP contribution in [0.15, 0.2) is 0 Å². The van der Waals surface area contributed by atoms with Crippen LogP contribution in [0.3, 0.4) is 0 Å². The van der Waals surface area contributed by atoms with E-state index in [0.717, 1.165) is 19.3 Å². The third-order valence-corrected chi connectivity index (χ3v) is 2.71. The van der Waals surface area contributed by atoms with Crippen LogP contribution in [0.2, 0.25) is 0 Å². The Hall–Kier alpha value is -0.570. The zero-order valence-electron chi connectivity index (χ0n) is 9.29. The first kappa shape index (κ1) is 11.5. The summed E-state index contributed by atoms with van der Waals surface area (Å²) in [6, 6.07) is 0. The lowest BCUT2D eigenvalue weighted by Gasteiger charge is -2.37. The van der Waals surface area contributed by atoms with Crippen LogP contribution >= 0.6 is 0 Å². The van der Waals surface area contributed by atoms with Crippen LogP contribution in [-0.4, -0.2) is 24.8 Å². The summed E-state index contributed by atoms with van der Waals surface area (Å²) < 4.78 is 10.8. The predicted octanol–water partition coefficient (Wildman–Crippen LogP) is 2.14. The second kappa shape index (κ2) is 4.78. The van der Waals surface area contributed by atoms with Crippen molar-refractivity contribution in [1.82, 2.24) is 0 Å². The van der Waals surface area contributed by atoms with E-state index in [9.17, 15) is 4.79 Å². The van der Waals surface area contributed by atoms with Crippen molar-refractivity contribution in [2.45, 2.75) is 51.7 Å². The highest BCUT2D eigenvalue weighted by Crippen LogP contribution is 2.30. The van der Waals surface area contributed by atoms with Crippen LogP contribution in [0.25, 0.3) is 0 Å². The molecule has 2 unspecified atom stereocenters. The summed E-state index contributed by atoms with van der Waals surface area (Å²) in [5.41, 5.74) is -0.306. The van der Waals surface area contributed by atoms with E-state index in [4.69, 9.17) is 9.47 Å². The molecule has 1 aliphatic rings. The number of rotatable bonds is 4. The lowest BCUT2D eigenvalue weighted by atomic mass is 9.89. The van der Waals surface area contributed by atoms with Crippen LogP contribution in [0.5, 0.6) is 0 Å². The summed E-state index contributed by atoms with van der Waals surface area (Å²) >= 11 is 0. The molecule has 14 heavy (non-hydrogen) atoms. The normalized spacial score (nSPS) is 33.0. The Morgan fingerprint density at radius 3 is 2.93 bits per heavy atom. The summed E-state index contributed by atoms with van der Waals surface area (Å²) in [6.45, 7) is 7.59.